The Morgan fingerprint density at radius 2 is 2.06 bits per heavy atom. The van der Waals surface area contributed by atoms with Crippen molar-refractivity contribution in [3.8, 4) is 17.1 Å². The van der Waals surface area contributed by atoms with Crippen LogP contribution in [0.1, 0.15) is 42.6 Å². The standard InChI is InChI=1S/C23H29N5O4/c1-5-16-15-10-17(24-14(3)22(15)28(26-16)20-8-6-7-9-31-20)21-13(2)25-27(4)23(21)32-19-12-30-11-18(19)29/h5,10,18-20,29H,1,6-9,11-12H2,2-4H3/t18-,19-,20?/m0/s1. The predicted octanol–water partition coefficient (Wildman–Crippen LogP) is 2.93. The van der Waals surface area contributed by atoms with Gasteiger partial charge in [0.15, 0.2) is 12.3 Å². The second-order valence-electron chi connectivity index (χ2n) is 8.49. The van der Waals surface area contributed by atoms with Gasteiger partial charge < -0.3 is 19.3 Å². The summed E-state index contributed by atoms with van der Waals surface area (Å²) in [6.07, 6.45) is 3.69. The van der Waals surface area contributed by atoms with Gasteiger partial charge in [0.1, 0.15) is 6.10 Å². The molecule has 0 aromatic carbocycles. The number of aliphatic hydroxyl groups is 1. The number of fused-ring (bicyclic) bond motifs is 1. The van der Waals surface area contributed by atoms with Crippen LogP contribution in [0.15, 0.2) is 12.6 Å². The molecule has 32 heavy (non-hydrogen) atoms. The van der Waals surface area contributed by atoms with Crippen molar-refractivity contribution in [2.75, 3.05) is 19.8 Å². The van der Waals surface area contributed by atoms with E-state index in [9.17, 15) is 5.11 Å². The number of aryl methyl sites for hydroxylation is 3. The van der Waals surface area contributed by atoms with Crippen LogP contribution in [0, 0.1) is 13.8 Å². The van der Waals surface area contributed by atoms with Crippen LogP contribution in [0.2, 0.25) is 0 Å². The molecule has 2 aliphatic rings. The van der Waals surface area contributed by atoms with E-state index in [1.807, 2.05) is 31.6 Å². The molecular weight excluding hydrogens is 410 g/mol. The molecule has 5 heterocycles. The van der Waals surface area contributed by atoms with Crippen molar-refractivity contribution in [2.45, 2.75) is 51.5 Å². The van der Waals surface area contributed by atoms with Crippen LogP contribution >= 0.6 is 0 Å². The lowest BCUT2D eigenvalue weighted by molar-refractivity contribution is -0.0368. The SMILES string of the molecule is C=Cc1nn(C2CCCCO2)c2c(C)nc(-c3c(C)nn(C)c3O[C@H]3COC[C@@H]3O)cc12. The summed E-state index contributed by atoms with van der Waals surface area (Å²) >= 11 is 0. The molecule has 170 valence electrons. The minimum atomic E-state index is -0.670. The van der Waals surface area contributed by atoms with E-state index in [4.69, 9.17) is 24.3 Å². The van der Waals surface area contributed by atoms with Gasteiger partial charge in [-0.25, -0.2) is 9.36 Å². The van der Waals surface area contributed by atoms with Gasteiger partial charge in [-0.1, -0.05) is 6.58 Å². The summed E-state index contributed by atoms with van der Waals surface area (Å²) in [5, 5.41) is 20.5. The molecule has 0 radical (unpaired) electrons. The number of pyridine rings is 1. The van der Waals surface area contributed by atoms with Gasteiger partial charge in [-0.15, -0.1) is 0 Å². The number of rotatable bonds is 5. The Kier molecular flexibility index (Phi) is 5.48. The van der Waals surface area contributed by atoms with Gasteiger partial charge in [0.05, 0.1) is 47.1 Å². The Hall–Kier alpha value is -2.75. The van der Waals surface area contributed by atoms with E-state index in [0.29, 0.717) is 12.5 Å². The predicted molar refractivity (Wildman–Crippen MR) is 119 cm³/mol. The highest BCUT2D eigenvalue weighted by atomic mass is 16.6. The van der Waals surface area contributed by atoms with Crippen LogP contribution in [0.25, 0.3) is 28.2 Å². The van der Waals surface area contributed by atoms with Crippen molar-refractivity contribution < 1.29 is 19.3 Å². The Balaban J connectivity index is 1.62. The summed E-state index contributed by atoms with van der Waals surface area (Å²) < 4.78 is 21.1. The highest BCUT2D eigenvalue weighted by Gasteiger charge is 2.31. The Bertz CT molecular complexity index is 1160. The fourth-order valence-corrected chi connectivity index (χ4v) is 4.62. The van der Waals surface area contributed by atoms with Crippen LogP contribution in [0.3, 0.4) is 0 Å². The summed E-state index contributed by atoms with van der Waals surface area (Å²) in [6.45, 7) is 9.23. The fraction of sp³-hybridized carbons (Fsp3) is 0.522. The van der Waals surface area contributed by atoms with Crippen molar-refractivity contribution >= 4 is 17.0 Å². The van der Waals surface area contributed by atoms with E-state index >= 15 is 0 Å². The molecule has 1 N–H and O–H groups in total. The number of aromatic nitrogens is 5. The summed E-state index contributed by atoms with van der Waals surface area (Å²) in [5.41, 5.74) is 4.95. The maximum absolute atomic E-state index is 10.2. The minimum absolute atomic E-state index is 0.0887. The molecule has 0 saturated carbocycles. The second kappa shape index (κ2) is 8.31. The van der Waals surface area contributed by atoms with Crippen LogP contribution in [-0.2, 0) is 16.5 Å². The van der Waals surface area contributed by atoms with Crippen LogP contribution < -0.4 is 4.74 Å². The smallest absolute Gasteiger partial charge is 0.221 e. The molecular formula is C23H29N5O4. The highest BCUT2D eigenvalue weighted by molar-refractivity contribution is 5.92. The van der Waals surface area contributed by atoms with Crippen molar-refractivity contribution in [3.05, 3.63) is 29.7 Å². The summed E-state index contributed by atoms with van der Waals surface area (Å²) in [7, 11) is 1.83. The molecule has 0 spiro atoms. The zero-order valence-electron chi connectivity index (χ0n) is 18.7. The number of hydrogen-bond acceptors (Lipinski definition) is 7. The van der Waals surface area contributed by atoms with Crippen molar-refractivity contribution in [1.82, 2.24) is 24.5 Å². The van der Waals surface area contributed by atoms with Gasteiger partial charge in [-0.3, -0.25) is 4.98 Å². The summed E-state index contributed by atoms with van der Waals surface area (Å²) in [5.74, 6) is 0.562. The Labute approximate surface area is 186 Å². The third-order valence-corrected chi connectivity index (χ3v) is 6.20. The number of nitrogens with zero attached hydrogens (tertiary/aromatic N) is 5. The van der Waals surface area contributed by atoms with Crippen LogP contribution in [0.5, 0.6) is 5.88 Å². The fourth-order valence-electron chi connectivity index (χ4n) is 4.62. The molecule has 0 amide bonds. The van der Waals surface area contributed by atoms with E-state index in [2.05, 4.69) is 11.7 Å². The van der Waals surface area contributed by atoms with Crippen molar-refractivity contribution in [3.63, 3.8) is 0 Å². The zero-order valence-corrected chi connectivity index (χ0v) is 18.7. The molecule has 3 aromatic heterocycles. The normalized spacial score (nSPS) is 23.7. The van der Waals surface area contributed by atoms with Gasteiger partial charge >= 0.3 is 0 Å². The quantitative estimate of drug-likeness (QED) is 0.653. The number of aliphatic hydroxyl groups excluding tert-OH is 1. The molecule has 3 aromatic rings. The Morgan fingerprint density at radius 1 is 1.22 bits per heavy atom. The maximum Gasteiger partial charge on any atom is 0.221 e. The van der Waals surface area contributed by atoms with Crippen molar-refractivity contribution in [1.29, 1.82) is 0 Å². The molecule has 9 nitrogen and oxygen atoms in total. The van der Waals surface area contributed by atoms with Gasteiger partial charge in [0.2, 0.25) is 5.88 Å². The summed E-state index contributed by atoms with van der Waals surface area (Å²) in [6, 6.07) is 2.02. The third-order valence-electron chi connectivity index (χ3n) is 6.20. The lowest BCUT2D eigenvalue weighted by Gasteiger charge is -2.23. The molecule has 5 rings (SSSR count). The monoisotopic (exact) mass is 439 g/mol. The zero-order chi connectivity index (χ0) is 22.4. The maximum atomic E-state index is 10.2. The molecule has 2 saturated heterocycles. The second-order valence-corrected chi connectivity index (χ2v) is 8.49. The molecule has 0 bridgehead atoms. The first-order chi connectivity index (χ1) is 15.5. The molecule has 3 atom stereocenters. The van der Waals surface area contributed by atoms with Gasteiger partial charge in [-0.05, 0) is 45.3 Å². The molecule has 0 aliphatic carbocycles. The van der Waals surface area contributed by atoms with Crippen molar-refractivity contribution in [2.24, 2.45) is 7.05 Å². The van der Waals surface area contributed by atoms with Gasteiger partial charge in [0.25, 0.3) is 0 Å². The minimum Gasteiger partial charge on any atom is -0.469 e. The van der Waals surface area contributed by atoms with E-state index < -0.39 is 12.2 Å². The molecule has 2 fully saturated rings. The topological polar surface area (TPSA) is 96.5 Å². The van der Waals surface area contributed by atoms with E-state index in [0.717, 1.165) is 65.1 Å². The summed E-state index contributed by atoms with van der Waals surface area (Å²) in [4.78, 5) is 4.93. The number of hydrogen-bond donors (Lipinski definition) is 1. The lowest BCUT2D eigenvalue weighted by atomic mass is 10.1. The van der Waals surface area contributed by atoms with E-state index in [1.165, 1.54) is 0 Å². The average Bonchev–Trinajstić information content (AvgIpc) is 3.44. The van der Waals surface area contributed by atoms with Gasteiger partial charge in [0, 0.05) is 19.0 Å². The average molecular weight is 440 g/mol. The Morgan fingerprint density at radius 3 is 2.75 bits per heavy atom. The first kappa shape index (κ1) is 21.1. The first-order valence-corrected chi connectivity index (χ1v) is 11.1. The highest BCUT2D eigenvalue weighted by Crippen LogP contribution is 2.37. The molecule has 1 unspecified atom stereocenters. The van der Waals surface area contributed by atoms with E-state index in [-0.39, 0.29) is 12.8 Å². The lowest BCUT2D eigenvalue weighted by Crippen LogP contribution is -2.30. The van der Waals surface area contributed by atoms with Crippen LogP contribution in [-0.4, -0.2) is 61.7 Å². The van der Waals surface area contributed by atoms with Gasteiger partial charge in [-0.2, -0.15) is 10.2 Å². The van der Waals surface area contributed by atoms with Crippen LogP contribution in [0.4, 0.5) is 0 Å². The molecule has 2 aliphatic heterocycles. The number of ether oxygens (including phenoxy) is 3. The third kappa shape index (κ3) is 3.50. The largest absolute Gasteiger partial charge is 0.469 e. The van der Waals surface area contributed by atoms with E-state index in [1.54, 1.807) is 10.8 Å². The molecule has 9 heteroatoms. The first-order valence-electron chi connectivity index (χ1n) is 11.1.